The number of aliphatic hydroxyl groups excluding tert-OH is 6. The van der Waals surface area contributed by atoms with Gasteiger partial charge in [-0.15, -0.1) is 15.3 Å². The summed E-state index contributed by atoms with van der Waals surface area (Å²) in [6, 6.07) is 9.88. The zero-order chi connectivity index (χ0) is 60.3. The lowest BCUT2D eigenvalue weighted by Gasteiger charge is -2.47. The lowest BCUT2D eigenvalue weighted by molar-refractivity contribution is -0.306. The molecule has 7 unspecified atom stereocenters. The zero-order valence-corrected chi connectivity index (χ0v) is 47.7. The smallest absolute Gasteiger partial charge is 0.187 e. The number of aromatic nitrogens is 11. The number of nitrogens with zero attached hydrogens (tertiary/aromatic N) is 12. The highest BCUT2D eigenvalue weighted by molar-refractivity contribution is 5.83. The van der Waals surface area contributed by atoms with Gasteiger partial charge in [0.1, 0.15) is 91.0 Å². The Labute approximate surface area is 494 Å². The van der Waals surface area contributed by atoms with E-state index in [1.54, 1.807) is 15.6 Å². The Morgan fingerprint density at radius 3 is 1.78 bits per heavy atom. The molecule has 6 aromatic rings. The quantitative estimate of drug-likeness (QED) is 0.0267. The monoisotopic (exact) mass is 1200 g/mol. The molecule has 470 valence electrons. The van der Waals surface area contributed by atoms with E-state index in [1.165, 1.54) is 10.4 Å². The lowest BCUT2D eigenvalue weighted by Crippen LogP contribution is -2.68. The van der Waals surface area contributed by atoms with Crippen molar-refractivity contribution in [1.82, 2.24) is 59.8 Å². The number of likely N-dealkylation sites (N-methyl/N-ethyl adjacent to an activating group) is 1. The molecule has 32 nitrogen and oxygen atoms in total. The molecule has 1 saturated carbocycles. The van der Waals surface area contributed by atoms with Gasteiger partial charge in [0.15, 0.2) is 18.9 Å². The number of unbranched alkanes of at least 4 members (excludes halogenated alkanes) is 1. The van der Waals surface area contributed by atoms with Gasteiger partial charge in [-0.1, -0.05) is 15.6 Å². The summed E-state index contributed by atoms with van der Waals surface area (Å²) < 4.78 is 47.9. The topological polar surface area (TPSA) is 469 Å². The fourth-order valence-corrected chi connectivity index (χ4v) is 11.6. The molecule has 1 aliphatic carbocycles. The molecule has 0 amide bonds. The predicted octanol–water partition coefficient (Wildman–Crippen LogP) is -5.27. The van der Waals surface area contributed by atoms with Crippen molar-refractivity contribution in [2.24, 2.45) is 34.4 Å². The molecule has 4 saturated heterocycles. The third-order valence-electron chi connectivity index (χ3n) is 16.8. The number of aromatic amines is 1. The van der Waals surface area contributed by atoms with Crippen LogP contribution in [0.3, 0.4) is 0 Å². The number of nitrogens with two attached hydrogens (primary N) is 6. The van der Waals surface area contributed by atoms with Crippen LogP contribution in [0.15, 0.2) is 61.1 Å². The number of rotatable bonds is 23. The van der Waals surface area contributed by atoms with E-state index in [0.717, 1.165) is 67.1 Å². The first-order chi connectivity index (χ1) is 41.5. The minimum Gasteiger partial charge on any atom is -0.487 e. The summed E-state index contributed by atoms with van der Waals surface area (Å²) >= 11 is 0. The lowest BCUT2D eigenvalue weighted by atomic mass is 9.84. The minimum absolute atomic E-state index is 0.0501. The molecule has 2 aromatic carbocycles. The maximum Gasteiger partial charge on any atom is 0.187 e. The van der Waals surface area contributed by atoms with Crippen molar-refractivity contribution >= 4 is 16.7 Å². The number of imidazole rings is 1. The molecule has 86 heavy (non-hydrogen) atoms. The average Bonchev–Trinajstić information content (AvgIpc) is 2.37. The number of hydrogen-bond donors (Lipinski definition) is 13. The second kappa shape index (κ2) is 27.3. The fraction of sp³-hybridized carbons (Fsp3) is 0.648. The molecule has 5 fully saturated rings. The number of fused-ring (bicyclic) bond motifs is 1. The van der Waals surface area contributed by atoms with E-state index in [1.807, 2.05) is 36.7 Å². The Balaban J connectivity index is 0.651. The third kappa shape index (κ3) is 13.9. The van der Waals surface area contributed by atoms with E-state index in [0.29, 0.717) is 43.1 Å². The number of ether oxygens (including phenoxy) is 7. The third-order valence-corrected chi connectivity index (χ3v) is 16.8. The summed E-state index contributed by atoms with van der Waals surface area (Å²) in [6.45, 7) is 4.99. The zero-order valence-electron chi connectivity index (χ0n) is 47.7. The molecule has 0 radical (unpaired) electrons. The van der Waals surface area contributed by atoms with Crippen LogP contribution in [0.1, 0.15) is 36.3 Å². The fourth-order valence-electron chi connectivity index (χ4n) is 11.6. The highest BCUT2D eigenvalue weighted by atomic mass is 16.8. The van der Waals surface area contributed by atoms with Gasteiger partial charge in [-0.25, -0.2) is 9.67 Å². The molecule has 5 aliphatic rings. The van der Waals surface area contributed by atoms with Crippen molar-refractivity contribution < 1.29 is 63.8 Å². The van der Waals surface area contributed by atoms with Crippen LogP contribution in [0.5, 0.6) is 5.75 Å². The van der Waals surface area contributed by atoms with Crippen molar-refractivity contribution in [2.45, 2.75) is 175 Å². The average molecular weight is 1200 g/mol. The summed E-state index contributed by atoms with van der Waals surface area (Å²) in [7, 11) is 2.16. The Kier molecular flexibility index (Phi) is 19.6. The number of H-pyrrole nitrogens is 1. The van der Waals surface area contributed by atoms with Crippen LogP contribution in [-0.2, 0) is 67.5 Å². The summed E-state index contributed by atoms with van der Waals surface area (Å²) in [5, 5.41) is 91.9. The molecule has 19 N–H and O–H groups in total. The van der Waals surface area contributed by atoms with Crippen LogP contribution in [0, 0.1) is 0 Å². The van der Waals surface area contributed by atoms with Gasteiger partial charge in [-0.05, 0) is 81.6 Å². The Morgan fingerprint density at radius 2 is 1.15 bits per heavy atom. The van der Waals surface area contributed by atoms with Gasteiger partial charge in [0.25, 0.3) is 0 Å². The number of hydrogen-bond acceptors (Lipinski definition) is 28. The van der Waals surface area contributed by atoms with Gasteiger partial charge in [-0.3, -0.25) is 9.36 Å². The van der Waals surface area contributed by atoms with Gasteiger partial charge in [-0.2, -0.15) is 0 Å². The van der Waals surface area contributed by atoms with Gasteiger partial charge in [0.2, 0.25) is 0 Å². The van der Waals surface area contributed by atoms with Crippen molar-refractivity contribution in [2.75, 3.05) is 51.2 Å². The number of anilines is 1. The Morgan fingerprint density at radius 1 is 0.593 bits per heavy atom. The van der Waals surface area contributed by atoms with Crippen molar-refractivity contribution in [3.63, 3.8) is 0 Å². The second-order valence-corrected chi connectivity index (χ2v) is 23.0. The van der Waals surface area contributed by atoms with Crippen LogP contribution in [0.4, 0.5) is 5.69 Å². The van der Waals surface area contributed by atoms with E-state index < -0.39 is 116 Å². The molecule has 4 aromatic heterocycles. The largest absolute Gasteiger partial charge is 0.487 e. The van der Waals surface area contributed by atoms with Crippen molar-refractivity contribution in [3.8, 4) is 17.1 Å². The summed E-state index contributed by atoms with van der Waals surface area (Å²) in [4.78, 5) is 13.1. The molecule has 0 spiro atoms. The molecule has 8 heterocycles. The number of benzene rings is 2. The number of aliphatic hydroxyl groups is 6. The van der Waals surface area contributed by atoms with Crippen LogP contribution in [0.25, 0.3) is 22.4 Å². The first kappa shape index (κ1) is 61.8. The maximum absolute atomic E-state index is 12.0. The molecule has 0 bridgehead atoms. The van der Waals surface area contributed by atoms with Crippen molar-refractivity contribution in [3.05, 3.63) is 78.1 Å². The molecular weight excluding hydrogens is 1120 g/mol. The van der Waals surface area contributed by atoms with Gasteiger partial charge in [0, 0.05) is 75.0 Å². The molecule has 19 atom stereocenters. The maximum atomic E-state index is 12.0. The van der Waals surface area contributed by atoms with Gasteiger partial charge < -0.3 is 113 Å². The van der Waals surface area contributed by atoms with Crippen LogP contribution < -0.4 is 44.0 Å². The summed E-state index contributed by atoms with van der Waals surface area (Å²) in [5.74, 6) is 1.50. The first-order valence-corrected chi connectivity index (χ1v) is 29.3. The van der Waals surface area contributed by atoms with E-state index in [4.69, 9.17) is 72.5 Å². The summed E-state index contributed by atoms with van der Waals surface area (Å²) in [6.07, 6.45) is -11.8. The predicted molar refractivity (Wildman–Crippen MR) is 304 cm³/mol. The normalized spacial score (nSPS) is 33.7. The van der Waals surface area contributed by atoms with E-state index in [2.05, 4.69) is 71.0 Å². The highest BCUT2D eigenvalue weighted by Crippen LogP contribution is 2.36. The van der Waals surface area contributed by atoms with E-state index in [-0.39, 0.29) is 32.7 Å². The van der Waals surface area contributed by atoms with Crippen molar-refractivity contribution in [1.29, 1.82) is 0 Å². The Hall–Kier alpha value is -5.83. The second-order valence-electron chi connectivity index (χ2n) is 23.0. The SMILES string of the molecule is CN1CCN(c2ccc3nc(-c4ccc(OCc5cn(CCn6cc(CCCCc7cn(C[C@H]8OC(O[C@@H]9C(O)[C@H](N)CC(N)[C@H]9O[C@H]9OC(CN)[C@@H](O)[C@H](O)C9N)[C@@H](O)[C@H]8O[C@H]8O[C@@H](CN)[C@@H](O)C(O)C8N)nn7)nn6)nn5)cc4)[nH]c3c2)CC1. The Bertz CT molecular complexity index is 3110. The van der Waals surface area contributed by atoms with E-state index >= 15 is 0 Å². The number of piperazine rings is 1. The van der Waals surface area contributed by atoms with Gasteiger partial charge >= 0.3 is 0 Å². The van der Waals surface area contributed by atoms with Gasteiger partial charge in [0.05, 0.1) is 66.4 Å². The number of aryl methyl sites for hydroxylation is 4. The highest BCUT2D eigenvalue weighted by Gasteiger charge is 2.55. The molecular formula is C54H81N19O13. The molecule has 4 aliphatic heterocycles. The summed E-state index contributed by atoms with van der Waals surface area (Å²) in [5.41, 5.74) is 43.3. The van der Waals surface area contributed by atoms with Crippen LogP contribution in [-0.4, -0.2) is 253 Å². The standard InChI is InChI=1S/C54H81N19O13/c1-69-12-14-70(15-13-69)31-8-11-35-36(18-31)62-51(61-35)27-6-9-32(10-7-27)80-26-30-24-72(67-65-30)17-16-71-22-28(63-66-71)4-2-3-5-29-23-73(68-64-29)25-39-49(85-53-41(60)46(78)44(76)38(21-56)82-53)47(79)54(83-39)86-50-42(74)33(57)19-34(58)48(50)84-52-40(59)45(77)43(75)37(20-55)81-52/h6-11,18,22-24,33-34,37-50,52-54,74-79H,2-5,12-17,19-21,25-26,55-60H2,1H3,(H,61,62)/t33-,34?,37?,38+,39-,40?,41?,42?,43-,44-,45-,46?,47+,48-,49+,50-,52-,53-,54?/m1/s1. The van der Waals surface area contributed by atoms with Crippen LogP contribution in [0.2, 0.25) is 0 Å². The van der Waals surface area contributed by atoms with E-state index in [9.17, 15) is 30.6 Å². The van der Waals surface area contributed by atoms with Crippen LogP contribution >= 0.6 is 0 Å². The minimum atomic E-state index is -1.62. The first-order valence-electron chi connectivity index (χ1n) is 29.3. The molecule has 11 rings (SSSR count). The molecule has 32 heteroatoms. The number of nitrogens with one attached hydrogen (secondary N) is 1.